The zero-order valence-electron chi connectivity index (χ0n) is 18.0. The summed E-state index contributed by atoms with van der Waals surface area (Å²) in [5.41, 5.74) is 3.90. The first kappa shape index (κ1) is 22.3. The summed E-state index contributed by atoms with van der Waals surface area (Å²) in [5.74, 6) is -0.152. The van der Waals surface area contributed by atoms with Crippen molar-refractivity contribution in [3.8, 4) is 0 Å². The van der Waals surface area contributed by atoms with Gasteiger partial charge >= 0.3 is 0 Å². The molecule has 1 saturated heterocycles. The molecule has 0 aliphatic carbocycles. The predicted octanol–water partition coefficient (Wildman–Crippen LogP) is 2.80. The van der Waals surface area contributed by atoms with Crippen molar-refractivity contribution in [2.75, 3.05) is 43.3 Å². The van der Waals surface area contributed by atoms with E-state index in [0.29, 0.717) is 18.8 Å². The van der Waals surface area contributed by atoms with Gasteiger partial charge in [-0.1, -0.05) is 48.0 Å². The molecule has 7 heteroatoms. The van der Waals surface area contributed by atoms with Crippen LogP contribution in [0.5, 0.6) is 0 Å². The normalized spacial score (nSPS) is 15.6. The predicted molar refractivity (Wildman–Crippen MR) is 121 cm³/mol. The van der Waals surface area contributed by atoms with Gasteiger partial charge in [0.1, 0.15) is 6.54 Å². The molecule has 1 fully saturated rings. The van der Waals surface area contributed by atoms with Gasteiger partial charge < -0.3 is 4.90 Å². The van der Waals surface area contributed by atoms with Crippen LogP contribution in [0, 0.1) is 13.8 Å². The Bertz CT molecular complexity index is 973. The molecule has 0 spiro atoms. The van der Waals surface area contributed by atoms with E-state index in [9.17, 15) is 13.2 Å². The van der Waals surface area contributed by atoms with Gasteiger partial charge in [-0.15, -0.1) is 0 Å². The summed E-state index contributed by atoms with van der Waals surface area (Å²) < 4.78 is 26.0. The molecule has 0 atom stereocenters. The standard InChI is InChI=1S/C23H31N3O3S/c1-19-9-11-21(12-10-19)17-24-13-6-14-25(16-15-24)23(27)18-26(30(3,28)29)22-8-5-4-7-20(22)2/h4-5,7-12H,6,13-18H2,1-3H3. The third kappa shape index (κ3) is 5.83. The molecule has 1 aliphatic rings. The van der Waals surface area contributed by atoms with E-state index >= 15 is 0 Å². The van der Waals surface area contributed by atoms with E-state index in [-0.39, 0.29) is 12.5 Å². The summed E-state index contributed by atoms with van der Waals surface area (Å²) in [7, 11) is -3.56. The van der Waals surface area contributed by atoms with Crippen LogP contribution in [0.2, 0.25) is 0 Å². The number of carbonyl (C=O) groups excluding carboxylic acids is 1. The monoisotopic (exact) mass is 429 g/mol. The number of rotatable bonds is 6. The van der Waals surface area contributed by atoms with Crippen LogP contribution in [0.25, 0.3) is 0 Å². The van der Waals surface area contributed by atoms with Gasteiger partial charge in [-0.3, -0.25) is 14.0 Å². The molecular formula is C23H31N3O3S. The van der Waals surface area contributed by atoms with E-state index in [0.717, 1.165) is 37.9 Å². The summed E-state index contributed by atoms with van der Waals surface area (Å²) in [6.45, 7) is 7.59. The molecule has 0 N–H and O–H groups in total. The molecule has 1 aliphatic heterocycles. The number of aryl methyl sites for hydroxylation is 2. The lowest BCUT2D eigenvalue weighted by Crippen LogP contribution is -2.44. The number of anilines is 1. The van der Waals surface area contributed by atoms with Gasteiger partial charge in [0.25, 0.3) is 0 Å². The Hall–Kier alpha value is -2.38. The first-order valence-corrected chi connectivity index (χ1v) is 12.2. The Morgan fingerprint density at radius 2 is 1.67 bits per heavy atom. The Morgan fingerprint density at radius 1 is 0.967 bits per heavy atom. The molecular weight excluding hydrogens is 398 g/mol. The van der Waals surface area contributed by atoms with Gasteiger partial charge in [-0.25, -0.2) is 8.42 Å². The van der Waals surface area contributed by atoms with Gasteiger partial charge in [0.2, 0.25) is 15.9 Å². The summed E-state index contributed by atoms with van der Waals surface area (Å²) >= 11 is 0. The van der Waals surface area contributed by atoms with Crippen molar-refractivity contribution < 1.29 is 13.2 Å². The lowest BCUT2D eigenvalue weighted by molar-refractivity contribution is -0.129. The third-order valence-electron chi connectivity index (χ3n) is 5.53. The Kier molecular flexibility index (Phi) is 7.15. The second-order valence-corrected chi connectivity index (χ2v) is 9.96. The molecule has 3 rings (SSSR count). The van der Waals surface area contributed by atoms with Crippen LogP contribution >= 0.6 is 0 Å². The lowest BCUT2D eigenvalue weighted by atomic mass is 10.1. The molecule has 162 valence electrons. The number of para-hydroxylation sites is 1. The molecule has 1 amide bonds. The fourth-order valence-electron chi connectivity index (χ4n) is 3.78. The maximum Gasteiger partial charge on any atom is 0.243 e. The van der Waals surface area contributed by atoms with Gasteiger partial charge in [0.05, 0.1) is 11.9 Å². The van der Waals surface area contributed by atoms with Gasteiger partial charge in [-0.2, -0.15) is 0 Å². The first-order chi connectivity index (χ1) is 14.2. The highest BCUT2D eigenvalue weighted by Crippen LogP contribution is 2.22. The minimum absolute atomic E-state index is 0.152. The summed E-state index contributed by atoms with van der Waals surface area (Å²) in [4.78, 5) is 17.1. The van der Waals surface area contributed by atoms with E-state index in [1.807, 2.05) is 19.1 Å². The van der Waals surface area contributed by atoms with Crippen molar-refractivity contribution >= 4 is 21.6 Å². The second kappa shape index (κ2) is 9.62. The zero-order chi connectivity index (χ0) is 21.7. The van der Waals surface area contributed by atoms with E-state index in [1.54, 1.807) is 17.0 Å². The quantitative estimate of drug-likeness (QED) is 0.709. The van der Waals surface area contributed by atoms with E-state index in [1.165, 1.54) is 15.4 Å². The fraction of sp³-hybridized carbons (Fsp3) is 0.435. The topological polar surface area (TPSA) is 60.9 Å². The average molecular weight is 430 g/mol. The van der Waals surface area contributed by atoms with Crippen molar-refractivity contribution in [2.24, 2.45) is 0 Å². The van der Waals surface area contributed by atoms with Crippen molar-refractivity contribution in [3.05, 3.63) is 65.2 Å². The number of hydrogen-bond acceptors (Lipinski definition) is 4. The molecule has 0 unspecified atom stereocenters. The number of carbonyl (C=O) groups is 1. The van der Waals surface area contributed by atoms with E-state index in [4.69, 9.17) is 0 Å². The van der Waals surface area contributed by atoms with Crippen LogP contribution in [0.3, 0.4) is 0 Å². The first-order valence-electron chi connectivity index (χ1n) is 10.3. The third-order valence-corrected chi connectivity index (χ3v) is 6.66. The highest BCUT2D eigenvalue weighted by Gasteiger charge is 2.26. The lowest BCUT2D eigenvalue weighted by Gasteiger charge is -2.27. The largest absolute Gasteiger partial charge is 0.340 e. The number of benzene rings is 2. The number of amides is 1. The smallest absolute Gasteiger partial charge is 0.243 e. The minimum Gasteiger partial charge on any atom is -0.340 e. The van der Waals surface area contributed by atoms with Crippen molar-refractivity contribution in [1.29, 1.82) is 0 Å². The van der Waals surface area contributed by atoms with Crippen LogP contribution in [-0.4, -0.2) is 63.1 Å². The zero-order valence-corrected chi connectivity index (χ0v) is 18.9. The minimum atomic E-state index is -3.56. The number of hydrogen-bond donors (Lipinski definition) is 0. The molecule has 6 nitrogen and oxygen atoms in total. The highest BCUT2D eigenvalue weighted by atomic mass is 32.2. The van der Waals surface area contributed by atoms with Gasteiger partial charge in [0.15, 0.2) is 0 Å². The molecule has 1 heterocycles. The number of sulfonamides is 1. The molecule has 0 aromatic heterocycles. The van der Waals surface area contributed by atoms with Crippen molar-refractivity contribution in [2.45, 2.75) is 26.8 Å². The fourth-order valence-corrected chi connectivity index (χ4v) is 4.68. The molecule has 2 aromatic rings. The average Bonchev–Trinajstić information content (AvgIpc) is 2.93. The van der Waals surface area contributed by atoms with Crippen LogP contribution in [0.4, 0.5) is 5.69 Å². The Balaban J connectivity index is 1.64. The maximum atomic E-state index is 13.0. The SMILES string of the molecule is Cc1ccc(CN2CCCN(C(=O)CN(c3ccccc3C)S(C)(=O)=O)CC2)cc1. The Labute approximate surface area is 180 Å². The summed E-state index contributed by atoms with van der Waals surface area (Å²) in [6.07, 6.45) is 2.03. The molecule has 2 aromatic carbocycles. The molecule has 30 heavy (non-hydrogen) atoms. The summed E-state index contributed by atoms with van der Waals surface area (Å²) in [5, 5.41) is 0. The van der Waals surface area contributed by atoms with Crippen molar-refractivity contribution in [3.63, 3.8) is 0 Å². The van der Waals surface area contributed by atoms with Gasteiger partial charge in [-0.05, 0) is 37.5 Å². The van der Waals surface area contributed by atoms with E-state index < -0.39 is 10.0 Å². The number of nitrogens with zero attached hydrogens (tertiary/aromatic N) is 3. The van der Waals surface area contributed by atoms with E-state index in [2.05, 4.69) is 36.1 Å². The maximum absolute atomic E-state index is 13.0. The second-order valence-electron chi connectivity index (χ2n) is 8.05. The van der Waals surface area contributed by atoms with Crippen LogP contribution < -0.4 is 4.31 Å². The van der Waals surface area contributed by atoms with Crippen LogP contribution in [0.15, 0.2) is 48.5 Å². The van der Waals surface area contributed by atoms with Crippen molar-refractivity contribution in [1.82, 2.24) is 9.80 Å². The Morgan fingerprint density at radius 3 is 2.33 bits per heavy atom. The molecule has 0 saturated carbocycles. The van der Waals surface area contributed by atoms with Crippen LogP contribution in [0.1, 0.15) is 23.1 Å². The van der Waals surface area contributed by atoms with Crippen LogP contribution in [-0.2, 0) is 21.4 Å². The molecule has 0 bridgehead atoms. The highest BCUT2D eigenvalue weighted by molar-refractivity contribution is 7.92. The molecule has 0 radical (unpaired) electrons. The van der Waals surface area contributed by atoms with Gasteiger partial charge in [0, 0.05) is 32.7 Å². The summed E-state index contributed by atoms with van der Waals surface area (Å²) in [6, 6.07) is 15.8.